The van der Waals surface area contributed by atoms with E-state index in [0.29, 0.717) is 23.9 Å². The highest BCUT2D eigenvalue weighted by molar-refractivity contribution is 6.28. The topological polar surface area (TPSA) is 56.3 Å². The lowest BCUT2D eigenvalue weighted by Crippen LogP contribution is -2.05. The van der Waals surface area contributed by atoms with Crippen LogP contribution in [0.4, 0.5) is 5.82 Å². The number of ether oxygens (including phenoxy) is 2. The highest BCUT2D eigenvalue weighted by Crippen LogP contribution is 2.31. The minimum Gasteiger partial charge on any atom is -0.493 e. The highest BCUT2D eigenvalue weighted by atomic mass is 35.5. The zero-order chi connectivity index (χ0) is 16.2. The molecule has 0 amide bonds. The summed E-state index contributed by atoms with van der Waals surface area (Å²) in [5.74, 6) is 2.08. The molecule has 0 saturated heterocycles. The van der Waals surface area contributed by atoms with Gasteiger partial charge in [0.25, 0.3) is 0 Å². The molecule has 3 rings (SSSR count). The molecule has 2 aromatic carbocycles. The van der Waals surface area contributed by atoms with Crippen LogP contribution in [0.5, 0.6) is 11.5 Å². The fourth-order valence-corrected chi connectivity index (χ4v) is 2.63. The normalized spacial score (nSPS) is 10.6. The van der Waals surface area contributed by atoms with E-state index in [1.165, 1.54) is 0 Å². The van der Waals surface area contributed by atoms with E-state index in [0.717, 1.165) is 16.5 Å². The van der Waals surface area contributed by atoms with Crippen LogP contribution >= 0.6 is 11.6 Å². The number of nitrogens with zero attached hydrogens (tertiary/aromatic N) is 2. The average molecular weight is 330 g/mol. The second-order valence-corrected chi connectivity index (χ2v) is 5.20. The van der Waals surface area contributed by atoms with Crippen LogP contribution in [-0.2, 0) is 6.54 Å². The predicted octanol–water partition coefficient (Wildman–Crippen LogP) is 3.91. The standard InChI is InChI=1S/C17H16ClN3O2/c1-22-14-9-5-6-11(15(14)23-2)10-19-16-12-7-3-4-8-13(12)20-17(18)21-16/h3-9H,10H2,1-2H3,(H,19,20,21). The summed E-state index contributed by atoms with van der Waals surface area (Å²) in [4.78, 5) is 8.51. The molecule has 1 aromatic heterocycles. The minimum atomic E-state index is 0.212. The smallest absolute Gasteiger partial charge is 0.224 e. The van der Waals surface area contributed by atoms with Gasteiger partial charge in [0.1, 0.15) is 5.82 Å². The van der Waals surface area contributed by atoms with Crippen molar-refractivity contribution >= 4 is 28.3 Å². The van der Waals surface area contributed by atoms with Crippen LogP contribution in [0.2, 0.25) is 5.28 Å². The number of halogens is 1. The van der Waals surface area contributed by atoms with Gasteiger partial charge in [-0.15, -0.1) is 0 Å². The summed E-state index contributed by atoms with van der Waals surface area (Å²) >= 11 is 6.00. The van der Waals surface area contributed by atoms with Crippen molar-refractivity contribution in [1.29, 1.82) is 0 Å². The van der Waals surface area contributed by atoms with Crippen molar-refractivity contribution in [2.45, 2.75) is 6.54 Å². The van der Waals surface area contributed by atoms with Gasteiger partial charge < -0.3 is 14.8 Å². The number of aromatic nitrogens is 2. The molecule has 0 radical (unpaired) electrons. The van der Waals surface area contributed by atoms with Gasteiger partial charge >= 0.3 is 0 Å². The summed E-state index contributed by atoms with van der Waals surface area (Å²) in [7, 11) is 3.24. The van der Waals surface area contributed by atoms with E-state index >= 15 is 0 Å². The van der Waals surface area contributed by atoms with Gasteiger partial charge in [0, 0.05) is 17.5 Å². The monoisotopic (exact) mass is 329 g/mol. The third kappa shape index (κ3) is 3.14. The first-order chi connectivity index (χ1) is 11.2. The van der Waals surface area contributed by atoms with Crippen molar-refractivity contribution < 1.29 is 9.47 Å². The van der Waals surface area contributed by atoms with Gasteiger partial charge in [-0.1, -0.05) is 24.3 Å². The van der Waals surface area contributed by atoms with Crippen molar-refractivity contribution in [2.75, 3.05) is 19.5 Å². The van der Waals surface area contributed by atoms with Gasteiger partial charge in [-0.05, 0) is 29.8 Å². The molecule has 0 fully saturated rings. The second kappa shape index (κ2) is 6.71. The van der Waals surface area contributed by atoms with E-state index < -0.39 is 0 Å². The van der Waals surface area contributed by atoms with Crippen molar-refractivity contribution in [2.24, 2.45) is 0 Å². The van der Waals surface area contributed by atoms with Gasteiger partial charge in [-0.2, -0.15) is 0 Å². The largest absolute Gasteiger partial charge is 0.493 e. The number of rotatable bonds is 5. The molecule has 0 unspecified atom stereocenters. The van der Waals surface area contributed by atoms with Gasteiger partial charge in [-0.3, -0.25) is 0 Å². The van der Waals surface area contributed by atoms with E-state index in [1.54, 1.807) is 14.2 Å². The van der Waals surface area contributed by atoms with Crippen molar-refractivity contribution in [3.8, 4) is 11.5 Å². The molecule has 118 valence electrons. The molecule has 6 heteroatoms. The van der Waals surface area contributed by atoms with Crippen LogP contribution in [0.3, 0.4) is 0 Å². The van der Waals surface area contributed by atoms with Gasteiger partial charge in [-0.25, -0.2) is 9.97 Å². The number of hydrogen-bond donors (Lipinski definition) is 1. The van der Waals surface area contributed by atoms with Gasteiger partial charge in [0.15, 0.2) is 11.5 Å². The molecule has 5 nitrogen and oxygen atoms in total. The van der Waals surface area contributed by atoms with Crippen LogP contribution in [0.25, 0.3) is 10.9 Å². The lowest BCUT2D eigenvalue weighted by atomic mass is 10.1. The summed E-state index contributed by atoms with van der Waals surface area (Å²) in [6.45, 7) is 0.526. The Balaban J connectivity index is 1.93. The number of fused-ring (bicyclic) bond motifs is 1. The Kier molecular flexibility index (Phi) is 4.48. The number of anilines is 1. The SMILES string of the molecule is COc1cccc(CNc2nc(Cl)nc3ccccc23)c1OC. The van der Waals surface area contributed by atoms with Crippen molar-refractivity contribution in [1.82, 2.24) is 9.97 Å². The zero-order valence-electron chi connectivity index (χ0n) is 12.8. The molecule has 0 saturated carbocycles. The van der Waals surface area contributed by atoms with Crippen LogP contribution in [0, 0.1) is 0 Å². The molecule has 1 N–H and O–H groups in total. The summed E-state index contributed by atoms with van der Waals surface area (Å²) in [5, 5.41) is 4.43. The Labute approximate surface area is 139 Å². The van der Waals surface area contributed by atoms with Crippen LogP contribution < -0.4 is 14.8 Å². The van der Waals surface area contributed by atoms with Crippen LogP contribution in [0.1, 0.15) is 5.56 Å². The van der Waals surface area contributed by atoms with E-state index in [-0.39, 0.29) is 5.28 Å². The minimum absolute atomic E-state index is 0.212. The van der Waals surface area contributed by atoms with E-state index in [4.69, 9.17) is 21.1 Å². The molecule has 0 spiro atoms. The van der Waals surface area contributed by atoms with Gasteiger partial charge in [0.05, 0.1) is 19.7 Å². The fraction of sp³-hybridized carbons (Fsp3) is 0.176. The quantitative estimate of drug-likeness (QED) is 0.719. The molecule has 23 heavy (non-hydrogen) atoms. The zero-order valence-corrected chi connectivity index (χ0v) is 13.6. The highest BCUT2D eigenvalue weighted by Gasteiger charge is 2.11. The first-order valence-electron chi connectivity index (χ1n) is 7.09. The maximum Gasteiger partial charge on any atom is 0.224 e. The van der Waals surface area contributed by atoms with Gasteiger partial charge in [0.2, 0.25) is 5.28 Å². The molecule has 0 aliphatic carbocycles. The van der Waals surface area contributed by atoms with Crippen LogP contribution in [-0.4, -0.2) is 24.2 Å². The Morgan fingerprint density at radius 3 is 2.61 bits per heavy atom. The molecule has 1 heterocycles. The average Bonchev–Trinajstić information content (AvgIpc) is 2.58. The lowest BCUT2D eigenvalue weighted by molar-refractivity contribution is 0.352. The molecule has 0 aliphatic rings. The molecular weight excluding hydrogens is 314 g/mol. The number of para-hydroxylation sites is 2. The van der Waals surface area contributed by atoms with E-state index in [2.05, 4.69) is 15.3 Å². The molecule has 0 atom stereocenters. The Hall–Kier alpha value is -2.53. The van der Waals surface area contributed by atoms with E-state index in [1.807, 2.05) is 42.5 Å². The maximum absolute atomic E-state index is 6.00. The molecular formula is C17H16ClN3O2. The van der Waals surface area contributed by atoms with Crippen molar-refractivity contribution in [3.05, 3.63) is 53.3 Å². The Morgan fingerprint density at radius 1 is 1.00 bits per heavy atom. The maximum atomic E-state index is 6.00. The summed E-state index contributed by atoms with van der Waals surface area (Å²) in [6.07, 6.45) is 0. The van der Waals surface area contributed by atoms with Crippen LogP contribution in [0.15, 0.2) is 42.5 Å². The van der Waals surface area contributed by atoms with Crippen molar-refractivity contribution in [3.63, 3.8) is 0 Å². The number of benzene rings is 2. The number of methoxy groups -OCH3 is 2. The number of nitrogens with one attached hydrogen (secondary N) is 1. The first kappa shape index (κ1) is 15.4. The lowest BCUT2D eigenvalue weighted by Gasteiger charge is -2.14. The summed E-state index contributed by atoms with van der Waals surface area (Å²) in [6, 6.07) is 13.5. The Bertz CT molecular complexity index is 839. The predicted molar refractivity (Wildman–Crippen MR) is 91.4 cm³/mol. The molecule has 0 bridgehead atoms. The summed E-state index contributed by atoms with van der Waals surface area (Å²) in [5.41, 5.74) is 1.76. The fourth-order valence-electron chi connectivity index (χ4n) is 2.45. The summed E-state index contributed by atoms with van der Waals surface area (Å²) < 4.78 is 10.8. The Morgan fingerprint density at radius 2 is 1.83 bits per heavy atom. The molecule has 3 aromatic rings. The molecule has 0 aliphatic heterocycles. The van der Waals surface area contributed by atoms with E-state index in [9.17, 15) is 0 Å². The second-order valence-electron chi connectivity index (χ2n) is 4.86. The third-order valence-electron chi connectivity index (χ3n) is 3.51. The number of hydrogen-bond acceptors (Lipinski definition) is 5. The third-order valence-corrected chi connectivity index (χ3v) is 3.68. The first-order valence-corrected chi connectivity index (χ1v) is 7.46.